The molecule has 2 aromatic rings. The Morgan fingerprint density at radius 1 is 1.02 bits per heavy atom. The quantitative estimate of drug-likeness (QED) is 0.0850. The summed E-state index contributed by atoms with van der Waals surface area (Å²) in [6.45, 7) is -0.0364. The highest BCUT2D eigenvalue weighted by Gasteiger charge is 2.59. The third kappa shape index (κ3) is 6.00. The summed E-state index contributed by atoms with van der Waals surface area (Å²) in [6, 6.07) is 8.79. The fraction of sp³-hybridized carbons (Fsp3) is 0.500. The van der Waals surface area contributed by atoms with Gasteiger partial charge in [-0.1, -0.05) is 12.2 Å². The highest BCUT2D eigenvalue weighted by Crippen LogP contribution is 2.54. The topological polar surface area (TPSA) is 213 Å². The van der Waals surface area contributed by atoms with Crippen LogP contribution in [0.1, 0.15) is 29.6 Å². The first-order chi connectivity index (χ1) is 23.3. The van der Waals surface area contributed by atoms with Crippen LogP contribution in [0.3, 0.4) is 0 Å². The van der Waals surface area contributed by atoms with Gasteiger partial charge in [0.05, 0.1) is 32.3 Å². The maximum absolute atomic E-state index is 12.1. The zero-order valence-corrected chi connectivity index (χ0v) is 25.6. The second kappa shape index (κ2) is 13.4. The first-order valence-corrected chi connectivity index (χ1v) is 15.5. The van der Waals surface area contributed by atoms with Crippen LogP contribution in [0.4, 0.5) is 0 Å². The average molecular weight is 674 g/mol. The molecule has 5 N–H and O–H groups in total. The molecule has 258 valence electrons. The Kier molecular flexibility index (Phi) is 9.04. The predicted molar refractivity (Wildman–Crippen MR) is 157 cm³/mol. The van der Waals surface area contributed by atoms with E-state index in [0.29, 0.717) is 29.6 Å². The average Bonchev–Trinajstić information content (AvgIpc) is 3.70. The number of aliphatic hydroxyl groups is 2. The molecule has 1 spiro atoms. The van der Waals surface area contributed by atoms with Crippen molar-refractivity contribution in [2.24, 2.45) is 11.7 Å². The SMILES string of the molecule is NCCO[C@@H]1O[C@H](COC(=O)CC(=O)O)[C@@]2(C=C[C@H](CO)CO2)[C@H](O)[C@@H]1OOc1ccc2c(c1)[C@@H]1Oc3cc4c(cc3[C@H]1CO2)OCO4. The summed E-state index contributed by atoms with van der Waals surface area (Å²) in [5.74, 6) is -0.0506. The molecule has 0 aromatic heterocycles. The van der Waals surface area contributed by atoms with Gasteiger partial charge in [-0.25, -0.2) is 0 Å². The number of benzene rings is 2. The minimum atomic E-state index is -1.65. The molecule has 16 heteroatoms. The number of fused-ring (bicyclic) bond motifs is 6. The number of aliphatic hydroxyl groups excluding tert-OH is 2. The van der Waals surface area contributed by atoms with Gasteiger partial charge in [-0.05, 0) is 24.3 Å². The van der Waals surface area contributed by atoms with Crippen molar-refractivity contribution in [2.75, 3.05) is 46.4 Å². The number of carbonyl (C=O) groups is 2. The number of carboxylic acids is 1. The van der Waals surface area contributed by atoms with Crippen molar-refractivity contribution < 1.29 is 72.6 Å². The van der Waals surface area contributed by atoms with Crippen LogP contribution in [0.2, 0.25) is 0 Å². The number of carbonyl (C=O) groups excluding carboxylic acids is 1. The van der Waals surface area contributed by atoms with E-state index in [1.807, 2.05) is 12.1 Å². The summed E-state index contributed by atoms with van der Waals surface area (Å²) in [5.41, 5.74) is 5.67. The smallest absolute Gasteiger partial charge is 0.317 e. The van der Waals surface area contributed by atoms with Gasteiger partial charge in [-0.15, -0.1) is 0 Å². The van der Waals surface area contributed by atoms with E-state index in [9.17, 15) is 19.8 Å². The second-order valence-electron chi connectivity index (χ2n) is 11.9. The lowest BCUT2D eigenvalue weighted by atomic mass is 9.81. The van der Waals surface area contributed by atoms with E-state index in [4.69, 9.17) is 58.5 Å². The Bertz CT molecular complexity index is 1570. The summed E-state index contributed by atoms with van der Waals surface area (Å²) in [6.07, 6.45) is -3.41. The summed E-state index contributed by atoms with van der Waals surface area (Å²) in [7, 11) is 0. The lowest BCUT2D eigenvalue weighted by molar-refractivity contribution is -0.389. The van der Waals surface area contributed by atoms with Crippen molar-refractivity contribution >= 4 is 11.9 Å². The fourth-order valence-corrected chi connectivity index (χ4v) is 6.40. The molecule has 16 nitrogen and oxygen atoms in total. The third-order valence-corrected chi connectivity index (χ3v) is 8.83. The van der Waals surface area contributed by atoms with Crippen LogP contribution < -0.4 is 29.6 Å². The van der Waals surface area contributed by atoms with E-state index in [2.05, 4.69) is 0 Å². The predicted octanol–water partition coefficient (Wildman–Crippen LogP) is 0.717. The van der Waals surface area contributed by atoms with Crippen molar-refractivity contribution in [1.29, 1.82) is 0 Å². The van der Waals surface area contributed by atoms with Gasteiger partial charge < -0.3 is 63.8 Å². The van der Waals surface area contributed by atoms with Gasteiger partial charge in [0.2, 0.25) is 6.79 Å². The number of ether oxygens (including phenoxy) is 8. The Balaban J connectivity index is 1.11. The molecule has 5 aliphatic heterocycles. The number of carboxylic acid groups (broad SMARTS) is 1. The van der Waals surface area contributed by atoms with E-state index < -0.39 is 55.2 Å². The largest absolute Gasteiger partial charge is 0.492 e. The van der Waals surface area contributed by atoms with Crippen molar-refractivity contribution in [1.82, 2.24) is 0 Å². The van der Waals surface area contributed by atoms with E-state index in [1.165, 1.54) is 6.08 Å². The molecule has 0 bridgehead atoms. The minimum Gasteiger partial charge on any atom is -0.492 e. The normalized spacial score (nSPS) is 30.9. The molecular formula is C32H35NO15. The standard InChI is InChI=1S/C32H35NO15/c33-5-6-39-31-29(30(38)32(4-3-16(11-34)12-44-32)25(46-31)14-41-27(37)10-26(35)36)48-47-17-1-2-21-19(7-17)28-20(13-40-21)18-8-23-24(43-15-42-23)9-22(18)45-28/h1-4,7-9,16,20,25,28-31,34,38H,5-6,10-15,33H2,(H,35,36)/t16-,20-,25-,28+,29+,30-,31-,32+/m1/s1. The lowest BCUT2D eigenvalue weighted by Crippen LogP contribution is -2.69. The second-order valence-corrected chi connectivity index (χ2v) is 11.9. The molecule has 0 amide bonds. The van der Waals surface area contributed by atoms with Gasteiger partial charge in [0.1, 0.15) is 48.4 Å². The van der Waals surface area contributed by atoms with Crippen molar-refractivity contribution in [3.63, 3.8) is 0 Å². The highest BCUT2D eigenvalue weighted by atomic mass is 17.2. The highest BCUT2D eigenvalue weighted by molar-refractivity contribution is 5.90. The first-order valence-electron chi connectivity index (χ1n) is 15.5. The Hall–Kier alpha value is -4.16. The maximum atomic E-state index is 12.1. The van der Waals surface area contributed by atoms with Gasteiger partial charge >= 0.3 is 11.9 Å². The number of hydrogen-bond donors (Lipinski definition) is 4. The van der Waals surface area contributed by atoms with Gasteiger partial charge in [-0.3, -0.25) is 9.59 Å². The summed E-state index contributed by atoms with van der Waals surface area (Å²) < 4.78 is 46.6. The van der Waals surface area contributed by atoms with Gasteiger partial charge in [0.25, 0.3) is 0 Å². The lowest BCUT2D eigenvalue weighted by Gasteiger charge is -2.51. The van der Waals surface area contributed by atoms with Crippen molar-refractivity contribution in [2.45, 2.75) is 48.6 Å². The number of rotatable bonds is 11. The van der Waals surface area contributed by atoms with Crippen LogP contribution in [0.5, 0.6) is 28.7 Å². The molecule has 5 aliphatic rings. The number of nitrogens with two attached hydrogens (primary N) is 1. The molecule has 1 fully saturated rings. The molecule has 48 heavy (non-hydrogen) atoms. The zero-order chi connectivity index (χ0) is 33.4. The van der Waals surface area contributed by atoms with Gasteiger partial charge in [0.15, 0.2) is 29.6 Å². The van der Waals surface area contributed by atoms with Crippen LogP contribution in [0.25, 0.3) is 0 Å². The Labute approximate surface area is 273 Å². The Morgan fingerprint density at radius 3 is 2.60 bits per heavy atom. The van der Waals surface area contributed by atoms with Crippen molar-refractivity contribution in [3.05, 3.63) is 53.6 Å². The minimum absolute atomic E-state index is 0.00804. The van der Waals surface area contributed by atoms with E-state index >= 15 is 0 Å². The molecule has 7 rings (SSSR count). The van der Waals surface area contributed by atoms with Gasteiger partial charge in [-0.2, -0.15) is 4.89 Å². The number of hydrogen-bond acceptors (Lipinski definition) is 15. The van der Waals surface area contributed by atoms with E-state index in [-0.39, 0.29) is 56.8 Å². The first kappa shape index (κ1) is 32.4. The molecule has 8 atom stereocenters. The Morgan fingerprint density at radius 2 is 1.85 bits per heavy atom. The summed E-state index contributed by atoms with van der Waals surface area (Å²) >= 11 is 0. The van der Waals surface area contributed by atoms with E-state index in [0.717, 1.165) is 11.1 Å². The number of aliphatic carboxylic acids is 1. The molecule has 0 unspecified atom stereocenters. The van der Waals surface area contributed by atoms with Crippen LogP contribution in [-0.2, 0) is 33.4 Å². The van der Waals surface area contributed by atoms with Gasteiger partial charge in [0, 0.05) is 29.7 Å². The van der Waals surface area contributed by atoms with E-state index in [1.54, 1.807) is 24.3 Å². The van der Waals surface area contributed by atoms with Crippen molar-refractivity contribution in [3.8, 4) is 28.7 Å². The maximum Gasteiger partial charge on any atom is 0.317 e. The van der Waals surface area contributed by atoms with Crippen LogP contribution >= 0.6 is 0 Å². The van der Waals surface area contributed by atoms with Crippen LogP contribution in [0, 0.1) is 5.92 Å². The van der Waals surface area contributed by atoms with Crippen LogP contribution in [-0.4, -0.2) is 104 Å². The molecule has 1 saturated heterocycles. The summed E-state index contributed by atoms with van der Waals surface area (Å²) in [5, 5.41) is 30.4. The molecule has 0 radical (unpaired) electrons. The molecule has 0 saturated carbocycles. The molecule has 0 aliphatic carbocycles. The molecule has 5 heterocycles. The zero-order valence-electron chi connectivity index (χ0n) is 25.6. The fourth-order valence-electron chi connectivity index (χ4n) is 6.40. The molecular weight excluding hydrogens is 638 g/mol. The summed E-state index contributed by atoms with van der Waals surface area (Å²) in [4.78, 5) is 34.6. The third-order valence-electron chi connectivity index (χ3n) is 8.83. The molecule has 2 aromatic carbocycles. The monoisotopic (exact) mass is 673 g/mol. The van der Waals surface area contributed by atoms with Crippen LogP contribution in [0.15, 0.2) is 42.5 Å². The number of esters is 1.